The molecule has 0 fully saturated rings. The van der Waals surface area contributed by atoms with Crippen LogP contribution in [0, 0.1) is 5.92 Å². The van der Waals surface area contributed by atoms with Crippen molar-refractivity contribution in [3.63, 3.8) is 0 Å². The molecule has 2 atom stereocenters. The monoisotopic (exact) mass is 178 g/mol. The first-order valence-electron chi connectivity index (χ1n) is 4.53. The van der Waals surface area contributed by atoms with Gasteiger partial charge in [0.05, 0.1) is 6.10 Å². The summed E-state index contributed by atoms with van der Waals surface area (Å²) in [6.07, 6.45) is 5.16. The Labute approximate surface area is 80.8 Å². The summed E-state index contributed by atoms with van der Waals surface area (Å²) in [7, 11) is 0. The van der Waals surface area contributed by atoms with Crippen molar-refractivity contribution in [3.05, 3.63) is 35.3 Å². The van der Waals surface area contributed by atoms with Crippen molar-refractivity contribution < 1.29 is 5.11 Å². The molecule has 0 heterocycles. The maximum atomic E-state index is 9.15. The Bertz CT molecular complexity index is 255. The SMILES string of the molecule is CC(C)=C=CC=C=CC(C)C(C)O. The molecule has 2 unspecified atom stereocenters. The first-order valence-corrected chi connectivity index (χ1v) is 4.53. The number of hydrogen-bond donors (Lipinski definition) is 1. The van der Waals surface area contributed by atoms with E-state index < -0.39 is 0 Å². The van der Waals surface area contributed by atoms with Crippen molar-refractivity contribution in [2.24, 2.45) is 5.92 Å². The minimum atomic E-state index is -0.312. The van der Waals surface area contributed by atoms with Gasteiger partial charge in [-0.3, -0.25) is 0 Å². The highest BCUT2D eigenvalue weighted by molar-refractivity contribution is 5.06. The van der Waals surface area contributed by atoms with Crippen LogP contribution in [0.2, 0.25) is 0 Å². The van der Waals surface area contributed by atoms with Gasteiger partial charge in [-0.15, -0.1) is 11.5 Å². The summed E-state index contributed by atoms with van der Waals surface area (Å²) in [5.74, 6) is 0.149. The van der Waals surface area contributed by atoms with Gasteiger partial charge in [0, 0.05) is 5.92 Å². The van der Waals surface area contributed by atoms with Crippen molar-refractivity contribution in [1.82, 2.24) is 0 Å². The van der Waals surface area contributed by atoms with Gasteiger partial charge in [0.15, 0.2) is 0 Å². The number of allylic oxidation sites excluding steroid dienone is 1. The van der Waals surface area contributed by atoms with Crippen molar-refractivity contribution in [1.29, 1.82) is 0 Å². The van der Waals surface area contributed by atoms with Crippen LogP contribution in [0.1, 0.15) is 27.7 Å². The maximum Gasteiger partial charge on any atom is 0.0578 e. The van der Waals surface area contributed by atoms with E-state index in [0.717, 1.165) is 5.57 Å². The summed E-state index contributed by atoms with van der Waals surface area (Å²) in [5.41, 5.74) is 7.16. The molecule has 0 rings (SSSR count). The summed E-state index contributed by atoms with van der Waals surface area (Å²) >= 11 is 0. The minimum Gasteiger partial charge on any atom is -0.393 e. The predicted molar refractivity (Wildman–Crippen MR) is 56.4 cm³/mol. The van der Waals surface area contributed by atoms with Crippen LogP contribution in [0.25, 0.3) is 0 Å². The first kappa shape index (κ1) is 12.0. The zero-order chi connectivity index (χ0) is 10.3. The van der Waals surface area contributed by atoms with E-state index in [2.05, 4.69) is 11.5 Å². The molecule has 1 N–H and O–H groups in total. The van der Waals surface area contributed by atoms with Gasteiger partial charge in [-0.1, -0.05) is 6.92 Å². The van der Waals surface area contributed by atoms with Crippen LogP contribution in [0.5, 0.6) is 0 Å². The molecule has 0 saturated carbocycles. The molecule has 1 nitrogen and oxygen atoms in total. The third-order valence-corrected chi connectivity index (χ3v) is 1.67. The topological polar surface area (TPSA) is 20.2 Å². The van der Waals surface area contributed by atoms with Crippen LogP contribution < -0.4 is 0 Å². The summed E-state index contributed by atoms with van der Waals surface area (Å²) in [4.78, 5) is 0. The summed E-state index contributed by atoms with van der Waals surface area (Å²) in [6, 6.07) is 0. The van der Waals surface area contributed by atoms with Crippen molar-refractivity contribution in [3.8, 4) is 0 Å². The fraction of sp³-hybridized carbons (Fsp3) is 0.500. The van der Waals surface area contributed by atoms with E-state index in [9.17, 15) is 0 Å². The summed E-state index contributed by atoms with van der Waals surface area (Å²) in [5, 5.41) is 9.15. The second kappa shape index (κ2) is 6.51. The Hall–Kier alpha value is -1.00. The van der Waals surface area contributed by atoms with Gasteiger partial charge in [-0.25, -0.2) is 0 Å². The Kier molecular flexibility index (Phi) is 6.01. The Morgan fingerprint density at radius 1 is 1.23 bits per heavy atom. The van der Waals surface area contributed by atoms with E-state index in [4.69, 9.17) is 5.11 Å². The quantitative estimate of drug-likeness (QED) is 0.520. The van der Waals surface area contributed by atoms with Crippen molar-refractivity contribution in [2.45, 2.75) is 33.8 Å². The molecule has 0 saturated heterocycles. The molecular weight excluding hydrogens is 160 g/mol. The molecule has 0 radical (unpaired) electrons. The van der Waals surface area contributed by atoms with Gasteiger partial charge in [-0.2, -0.15) is 0 Å². The molecule has 0 amide bonds. The van der Waals surface area contributed by atoms with Gasteiger partial charge in [0.25, 0.3) is 0 Å². The van der Waals surface area contributed by atoms with Gasteiger partial charge in [0.2, 0.25) is 0 Å². The number of aliphatic hydroxyl groups excluding tert-OH is 1. The Morgan fingerprint density at radius 3 is 2.31 bits per heavy atom. The van der Waals surface area contributed by atoms with Crippen molar-refractivity contribution in [2.75, 3.05) is 0 Å². The third kappa shape index (κ3) is 7.36. The summed E-state index contributed by atoms with van der Waals surface area (Å²) in [6.45, 7) is 7.71. The van der Waals surface area contributed by atoms with E-state index in [-0.39, 0.29) is 12.0 Å². The third-order valence-electron chi connectivity index (χ3n) is 1.67. The van der Waals surface area contributed by atoms with Crippen LogP contribution in [-0.2, 0) is 0 Å². The molecule has 13 heavy (non-hydrogen) atoms. The van der Waals surface area contributed by atoms with Crippen LogP contribution >= 0.6 is 0 Å². The lowest BCUT2D eigenvalue weighted by Gasteiger charge is -2.06. The number of aliphatic hydroxyl groups is 1. The number of rotatable bonds is 3. The lowest BCUT2D eigenvalue weighted by atomic mass is 10.1. The van der Waals surface area contributed by atoms with Gasteiger partial charge in [0.1, 0.15) is 0 Å². The highest BCUT2D eigenvalue weighted by Crippen LogP contribution is 2.01. The lowest BCUT2D eigenvalue weighted by molar-refractivity contribution is 0.157. The van der Waals surface area contributed by atoms with Gasteiger partial charge < -0.3 is 5.11 Å². The maximum absolute atomic E-state index is 9.15. The zero-order valence-electron chi connectivity index (χ0n) is 8.83. The summed E-state index contributed by atoms with van der Waals surface area (Å²) < 4.78 is 0. The second-order valence-corrected chi connectivity index (χ2v) is 3.41. The zero-order valence-corrected chi connectivity index (χ0v) is 8.83. The molecule has 0 aliphatic carbocycles. The van der Waals surface area contributed by atoms with Gasteiger partial charge >= 0.3 is 0 Å². The molecule has 1 heteroatoms. The smallest absolute Gasteiger partial charge is 0.0578 e. The molecule has 0 spiro atoms. The van der Waals surface area contributed by atoms with E-state index in [1.165, 1.54) is 0 Å². The normalized spacial score (nSPS) is 13.3. The van der Waals surface area contributed by atoms with Crippen LogP contribution in [0.4, 0.5) is 0 Å². The largest absolute Gasteiger partial charge is 0.393 e. The van der Waals surface area contributed by atoms with E-state index >= 15 is 0 Å². The fourth-order valence-electron chi connectivity index (χ4n) is 0.603. The molecular formula is C12H18O. The predicted octanol–water partition coefficient (Wildman–Crippen LogP) is 2.84. The lowest BCUT2D eigenvalue weighted by Crippen LogP contribution is -2.09. The fourth-order valence-corrected chi connectivity index (χ4v) is 0.603. The minimum absolute atomic E-state index is 0.149. The van der Waals surface area contributed by atoms with Crippen LogP contribution in [0.15, 0.2) is 35.3 Å². The molecule has 0 aromatic rings. The van der Waals surface area contributed by atoms with E-state index in [0.29, 0.717) is 0 Å². The highest BCUT2D eigenvalue weighted by atomic mass is 16.3. The van der Waals surface area contributed by atoms with E-state index in [1.54, 1.807) is 13.0 Å². The van der Waals surface area contributed by atoms with Crippen LogP contribution in [0.3, 0.4) is 0 Å². The van der Waals surface area contributed by atoms with Crippen molar-refractivity contribution >= 4 is 0 Å². The Balaban J connectivity index is 4.20. The van der Waals surface area contributed by atoms with Crippen LogP contribution in [-0.4, -0.2) is 11.2 Å². The van der Waals surface area contributed by atoms with E-state index in [1.807, 2.05) is 32.9 Å². The number of hydrogen-bond acceptors (Lipinski definition) is 1. The molecule has 0 aliphatic heterocycles. The molecule has 72 valence electrons. The molecule has 0 aromatic carbocycles. The molecule has 0 aromatic heterocycles. The molecule has 0 aliphatic rings. The van der Waals surface area contributed by atoms with Gasteiger partial charge in [-0.05, 0) is 44.6 Å². The average Bonchev–Trinajstić information content (AvgIpc) is 2.02. The Morgan fingerprint density at radius 2 is 1.85 bits per heavy atom. The first-order chi connectivity index (χ1) is 6.04. The average molecular weight is 178 g/mol. The highest BCUT2D eigenvalue weighted by Gasteiger charge is 2.01. The molecule has 0 bridgehead atoms. The standard InChI is InChI=1S/C12H18O/c1-10(2)8-6-5-7-9-11(3)12(4)13/h5-6,9,11-13H,1-4H3. The second-order valence-electron chi connectivity index (χ2n) is 3.41.